The predicted octanol–water partition coefficient (Wildman–Crippen LogP) is -0.672. The summed E-state index contributed by atoms with van der Waals surface area (Å²) in [5.74, 6) is 0.146. The third-order valence-electron chi connectivity index (χ3n) is 3.81. The number of carbonyl (C=O) groups is 2. The Kier molecular flexibility index (Phi) is 3.22. The standard InChI is InChI=1S/2C6H9NO2/c2*8-6-5-2-1-4(9-5)3-7-6/h2*4-5H,1-3H2,(H,7,8)/t2*4-,5+/m10/s1. The molecule has 4 rings (SSSR count). The van der Waals surface area contributed by atoms with Crippen LogP contribution < -0.4 is 10.6 Å². The van der Waals surface area contributed by atoms with Gasteiger partial charge in [-0.2, -0.15) is 0 Å². The maximum Gasteiger partial charge on any atom is 0.249 e. The average molecular weight is 254 g/mol. The molecule has 4 aliphatic heterocycles. The molecular weight excluding hydrogens is 236 g/mol. The minimum absolute atomic E-state index is 0.0729. The first-order valence-corrected chi connectivity index (χ1v) is 6.59. The molecule has 0 unspecified atom stereocenters. The lowest BCUT2D eigenvalue weighted by Crippen LogP contribution is -2.43. The largest absolute Gasteiger partial charge is 0.363 e. The quantitative estimate of drug-likeness (QED) is 0.601. The predicted molar refractivity (Wildman–Crippen MR) is 61.8 cm³/mol. The second kappa shape index (κ2) is 4.85. The zero-order valence-electron chi connectivity index (χ0n) is 10.2. The molecule has 2 amide bonds. The van der Waals surface area contributed by atoms with Gasteiger partial charge < -0.3 is 20.1 Å². The van der Waals surface area contributed by atoms with Crippen LogP contribution in [0.25, 0.3) is 0 Å². The van der Waals surface area contributed by atoms with Crippen molar-refractivity contribution in [3.8, 4) is 0 Å². The smallest absolute Gasteiger partial charge is 0.249 e. The van der Waals surface area contributed by atoms with E-state index in [0.717, 1.165) is 38.8 Å². The molecule has 4 fully saturated rings. The molecule has 0 aromatic carbocycles. The van der Waals surface area contributed by atoms with Crippen molar-refractivity contribution in [2.24, 2.45) is 0 Å². The SMILES string of the molecule is O=C1NC[C@@H]2CC[C@H]1O2.O=C1NC[C@H]2CC[C@@H]1O2. The van der Waals surface area contributed by atoms with E-state index < -0.39 is 0 Å². The van der Waals surface area contributed by atoms with Gasteiger partial charge in [-0.25, -0.2) is 0 Å². The Morgan fingerprint density at radius 3 is 1.61 bits per heavy atom. The Hall–Kier alpha value is -1.14. The highest BCUT2D eigenvalue weighted by atomic mass is 16.5. The summed E-state index contributed by atoms with van der Waals surface area (Å²) in [4.78, 5) is 21.6. The zero-order valence-corrected chi connectivity index (χ0v) is 10.2. The molecule has 2 N–H and O–H groups in total. The van der Waals surface area contributed by atoms with Gasteiger partial charge in [0.2, 0.25) is 11.8 Å². The molecule has 0 aromatic heterocycles. The molecule has 6 heteroatoms. The van der Waals surface area contributed by atoms with Crippen LogP contribution in [-0.4, -0.2) is 49.3 Å². The van der Waals surface area contributed by atoms with Crippen LogP contribution in [0.15, 0.2) is 0 Å². The third kappa shape index (κ3) is 2.35. The van der Waals surface area contributed by atoms with Crippen molar-refractivity contribution in [2.75, 3.05) is 13.1 Å². The number of morpholine rings is 2. The summed E-state index contributed by atoms with van der Waals surface area (Å²) in [5, 5.41) is 5.56. The first kappa shape index (κ1) is 11.9. The van der Waals surface area contributed by atoms with Crippen molar-refractivity contribution < 1.29 is 19.1 Å². The summed E-state index contributed by atoms with van der Waals surface area (Å²) < 4.78 is 10.6. The minimum atomic E-state index is -0.122. The van der Waals surface area contributed by atoms with Crippen LogP contribution in [0.4, 0.5) is 0 Å². The van der Waals surface area contributed by atoms with Crippen molar-refractivity contribution in [3.63, 3.8) is 0 Å². The number of hydrogen-bond acceptors (Lipinski definition) is 4. The van der Waals surface area contributed by atoms with Crippen molar-refractivity contribution in [1.82, 2.24) is 10.6 Å². The molecule has 0 aliphatic carbocycles. The Morgan fingerprint density at radius 2 is 1.22 bits per heavy atom. The van der Waals surface area contributed by atoms with Crippen LogP contribution >= 0.6 is 0 Å². The first-order chi connectivity index (χ1) is 8.72. The van der Waals surface area contributed by atoms with E-state index in [1.807, 2.05) is 0 Å². The van der Waals surface area contributed by atoms with Crippen molar-refractivity contribution in [2.45, 2.75) is 50.1 Å². The van der Waals surface area contributed by atoms with Crippen LogP contribution in [0, 0.1) is 0 Å². The number of amides is 2. The van der Waals surface area contributed by atoms with Gasteiger partial charge in [0.05, 0.1) is 12.2 Å². The minimum Gasteiger partial charge on any atom is -0.363 e. The maximum atomic E-state index is 10.8. The summed E-state index contributed by atoms with van der Waals surface area (Å²) >= 11 is 0. The van der Waals surface area contributed by atoms with E-state index >= 15 is 0 Å². The van der Waals surface area contributed by atoms with E-state index in [1.165, 1.54) is 0 Å². The molecule has 4 saturated heterocycles. The summed E-state index contributed by atoms with van der Waals surface area (Å²) in [6.07, 6.45) is 4.30. The molecule has 18 heavy (non-hydrogen) atoms. The summed E-state index contributed by atoms with van der Waals surface area (Å²) in [5.41, 5.74) is 0. The van der Waals surface area contributed by atoms with Crippen LogP contribution in [0.2, 0.25) is 0 Å². The summed E-state index contributed by atoms with van der Waals surface area (Å²) in [6, 6.07) is 0. The maximum absolute atomic E-state index is 10.8. The van der Waals surface area contributed by atoms with E-state index in [0.29, 0.717) is 12.2 Å². The highest BCUT2D eigenvalue weighted by molar-refractivity contribution is 5.82. The summed E-state index contributed by atoms with van der Waals surface area (Å²) in [7, 11) is 0. The highest BCUT2D eigenvalue weighted by Gasteiger charge is 2.35. The molecule has 4 bridgehead atoms. The van der Waals surface area contributed by atoms with Gasteiger partial charge in [0.25, 0.3) is 0 Å². The Bertz CT molecular complexity index is 326. The second-order valence-electron chi connectivity index (χ2n) is 5.14. The molecule has 0 radical (unpaired) electrons. The molecule has 4 heterocycles. The number of fused-ring (bicyclic) bond motifs is 4. The fourth-order valence-electron chi connectivity index (χ4n) is 2.75. The lowest BCUT2D eigenvalue weighted by atomic mass is 10.2. The van der Waals surface area contributed by atoms with E-state index in [9.17, 15) is 9.59 Å². The molecule has 0 aromatic rings. The molecular formula is C12H18N2O4. The summed E-state index contributed by atoms with van der Waals surface area (Å²) in [6.45, 7) is 1.44. The van der Waals surface area contributed by atoms with Crippen LogP contribution in [0.1, 0.15) is 25.7 Å². The van der Waals surface area contributed by atoms with Gasteiger partial charge in [-0.15, -0.1) is 0 Å². The van der Waals surface area contributed by atoms with Crippen LogP contribution in [0.5, 0.6) is 0 Å². The van der Waals surface area contributed by atoms with Gasteiger partial charge in [0.1, 0.15) is 12.2 Å². The van der Waals surface area contributed by atoms with Crippen molar-refractivity contribution >= 4 is 11.8 Å². The van der Waals surface area contributed by atoms with Crippen molar-refractivity contribution in [3.05, 3.63) is 0 Å². The fraction of sp³-hybridized carbons (Fsp3) is 0.833. The van der Waals surface area contributed by atoms with Gasteiger partial charge in [-0.3, -0.25) is 9.59 Å². The van der Waals surface area contributed by atoms with E-state index in [1.54, 1.807) is 0 Å². The van der Waals surface area contributed by atoms with E-state index in [-0.39, 0.29) is 24.0 Å². The second-order valence-corrected chi connectivity index (χ2v) is 5.14. The Morgan fingerprint density at radius 1 is 0.778 bits per heavy atom. The molecule has 4 atom stereocenters. The monoisotopic (exact) mass is 254 g/mol. The number of nitrogens with one attached hydrogen (secondary N) is 2. The molecule has 100 valence electrons. The number of ether oxygens (including phenoxy) is 2. The van der Waals surface area contributed by atoms with Gasteiger partial charge >= 0.3 is 0 Å². The molecule has 6 nitrogen and oxygen atoms in total. The highest BCUT2D eigenvalue weighted by Crippen LogP contribution is 2.22. The van der Waals surface area contributed by atoms with E-state index in [2.05, 4.69) is 10.6 Å². The fourth-order valence-corrected chi connectivity index (χ4v) is 2.75. The van der Waals surface area contributed by atoms with E-state index in [4.69, 9.17) is 9.47 Å². The molecule has 0 spiro atoms. The van der Waals surface area contributed by atoms with Crippen molar-refractivity contribution in [1.29, 1.82) is 0 Å². The average Bonchev–Trinajstić information content (AvgIpc) is 2.97. The Labute approximate surface area is 105 Å². The van der Waals surface area contributed by atoms with Crippen LogP contribution in [-0.2, 0) is 19.1 Å². The topological polar surface area (TPSA) is 76.7 Å². The molecule has 4 aliphatic rings. The lowest BCUT2D eigenvalue weighted by Gasteiger charge is -2.19. The normalized spacial score (nSPS) is 40.7. The molecule has 0 saturated carbocycles. The first-order valence-electron chi connectivity index (χ1n) is 6.59. The Balaban J connectivity index is 0.000000111. The van der Waals surface area contributed by atoms with Gasteiger partial charge in [0, 0.05) is 13.1 Å². The number of hydrogen-bond donors (Lipinski definition) is 2. The number of carbonyl (C=O) groups excluding carboxylic acids is 2. The van der Waals surface area contributed by atoms with Gasteiger partial charge in [-0.05, 0) is 25.7 Å². The lowest BCUT2D eigenvalue weighted by molar-refractivity contribution is -0.137. The van der Waals surface area contributed by atoms with Crippen LogP contribution in [0.3, 0.4) is 0 Å². The van der Waals surface area contributed by atoms with Gasteiger partial charge in [0.15, 0.2) is 0 Å². The third-order valence-corrected chi connectivity index (χ3v) is 3.81. The van der Waals surface area contributed by atoms with Gasteiger partial charge in [-0.1, -0.05) is 0 Å². The number of rotatable bonds is 0. The zero-order chi connectivity index (χ0) is 12.5.